The van der Waals surface area contributed by atoms with Crippen LogP contribution in [-0.2, 0) is 13.0 Å². The van der Waals surface area contributed by atoms with Crippen molar-refractivity contribution in [2.45, 2.75) is 13.0 Å². The summed E-state index contributed by atoms with van der Waals surface area (Å²) in [5, 5.41) is 12.2. The van der Waals surface area contributed by atoms with Crippen LogP contribution in [0.2, 0.25) is 0 Å². The van der Waals surface area contributed by atoms with Crippen molar-refractivity contribution in [2.24, 2.45) is 0 Å². The Balaban J connectivity index is 1.71. The highest BCUT2D eigenvalue weighted by molar-refractivity contribution is 9.10. The van der Waals surface area contributed by atoms with Crippen molar-refractivity contribution in [1.29, 1.82) is 0 Å². The lowest BCUT2D eigenvalue weighted by atomic mass is 10.0. The van der Waals surface area contributed by atoms with E-state index in [0.717, 1.165) is 35.6 Å². The van der Waals surface area contributed by atoms with Gasteiger partial charge in [-0.15, -0.1) is 0 Å². The Morgan fingerprint density at radius 3 is 2.73 bits per heavy atom. The molecular weight excluding hydrogens is 342 g/mol. The van der Waals surface area contributed by atoms with Gasteiger partial charge >= 0.3 is 0 Å². The van der Waals surface area contributed by atoms with E-state index in [4.69, 9.17) is 0 Å². The molecule has 110 valence electrons. The number of fused-ring (bicyclic) bond motifs is 1. The van der Waals surface area contributed by atoms with Gasteiger partial charge in [-0.1, -0.05) is 51.4 Å². The van der Waals surface area contributed by atoms with Crippen molar-refractivity contribution < 1.29 is 0 Å². The summed E-state index contributed by atoms with van der Waals surface area (Å²) in [4.78, 5) is 2.22. The summed E-state index contributed by atoms with van der Waals surface area (Å²) in [5.74, 6) is 0.785. The van der Waals surface area contributed by atoms with E-state index in [-0.39, 0.29) is 0 Å². The Morgan fingerprint density at radius 2 is 1.86 bits per heavy atom. The van der Waals surface area contributed by atoms with Gasteiger partial charge in [-0.25, -0.2) is 0 Å². The minimum atomic E-state index is 0.785. The number of tetrazole rings is 1. The van der Waals surface area contributed by atoms with Gasteiger partial charge < -0.3 is 4.90 Å². The van der Waals surface area contributed by atoms with Crippen LogP contribution in [0.3, 0.4) is 0 Å². The molecule has 0 unspecified atom stereocenters. The fourth-order valence-electron chi connectivity index (χ4n) is 2.83. The third-order valence-electron chi connectivity index (χ3n) is 3.95. The topological polar surface area (TPSA) is 46.8 Å². The number of nitrogens with zero attached hydrogens (tertiary/aromatic N) is 5. The zero-order chi connectivity index (χ0) is 14.9. The van der Waals surface area contributed by atoms with Crippen molar-refractivity contribution in [1.82, 2.24) is 20.2 Å². The van der Waals surface area contributed by atoms with E-state index in [0.29, 0.717) is 0 Å². The van der Waals surface area contributed by atoms with E-state index in [1.54, 1.807) is 4.68 Å². The lowest BCUT2D eigenvalue weighted by molar-refractivity contribution is 0.687. The first-order valence-corrected chi connectivity index (χ1v) is 7.97. The standard InChI is InChI=1S/C16H14BrN5/c17-15-8-4-5-12-9-10-21(11-14(12)15)16-18-19-20-22(16)13-6-2-1-3-7-13/h1-8H,9-11H2. The minimum absolute atomic E-state index is 0.785. The predicted molar refractivity (Wildman–Crippen MR) is 88.1 cm³/mol. The molecule has 2 aromatic carbocycles. The predicted octanol–water partition coefficient (Wildman–Crippen LogP) is 2.99. The second-order valence-electron chi connectivity index (χ2n) is 5.28. The van der Waals surface area contributed by atoms with Gasteiger partial charge in [0.2, 0.25) is 0 Å². The van der Waals surface area contributed by atoms with E-state index in [1.807, 2.05) is 30.3 Å². The summed E-state index contributed by atoms with van der Waals surface area (Å²) in [7, 11) is 0. The molecule has 3 aromatic rings. The number of rotatable bonds is 2. The SMILES string of the molecule is Brc1cccc2c1CN(c1nnnn1-c1ccccc1)CC2. The summed E-state index contributed by atoms with van der Waals surface area (Å²) in [6, 6.07) is 16.3. The Bertz CT molecular complexity index is 799. The first kappa shape index (κ1) is 13.5. The molecule has 0 aliphatic carbocycles. The number of hydrogen-bond acceptors (Lipinski definition) is 4. The Kier molecular flexibility index (Phi) is 3.38. The fourth-order valence-corrected chi connectivity index (χ4v) is 3.36. The highest BCUT2D eigenvalue weighted by atomic mass is 79.9. The third kappa shape index (κ3) is 2.29. The molecule has 6 heteroatoms. The van der Waals surface area contributed by atoms with Gasteiger partial charge in [0.25, 0.3) is 5.95 Å². The van der Waals surface area contributed by atoms with Crippen molar-refractivity contribution in [3.05, 3.63) is 64.1 Å². The molecule has 0 amide bonds. The molecule has 0 fully saturated rings. The van der Waals surface area contributed by atoms with E-state index in [1.165, 1.54) is 11.1 Å². The Labute approximate surface area is 136 Å². The lowest BCUT2D eigenvalue weighted by Gasteiger charge is -2.29. The molecule has 0 atom stereocenters. The van der Waals surface area contributed by atoms with Gasteiger partial charge in [0.1, 0.15) is 0 Å². The fraction of sp³-hybridized carbons (Fsp3) is 0.188. The first-order chi connectivity index (χ1) is 10.8. The van der Waals surface area contributed by atoms with E-state index in [2.05, 4.69) is 54.6 Å². The molecule has 0 saturated carbocycles. The normalized spacial score (nSPS) is 14.0. The molecule has 4 rings (SSSR count). The van der Waals surface area contributed by atoms with Gasteiger partial charge in [0, 0.05) is 17.6 Å². The van der Waals surface area contributed by atoms with Crippen LogP contribution in [0.15, 0.2) is 53.0 Å². The smallest absolute Gasteiger partial charge is 0.250 e. The highest BCUT2D eigenvalue weighted by Crippen LogP contribution is 2.29. The summed E-state index contributed by atoms with van der Waals surface area (Å²) >= 11 is 3.65. The number of benzene rings is 2. The molecule has 1 aromatic heterocycles. The van der Waals surface area contributed by atoms with Crippen LogP contribution < -0.4 is 4.90 Å². The van der Waals surface area contributed by atoms with Crippen molar-refractivity contribution in [2.75, 3.05) is 11.4 Å². The van der Waals surface area contributed by atoms with Gasteiger partial charge in [-0.05, 0) is 46.2 Å². The van der Waals surface area contributed by atoms with Gasteiger partial charge in [0.15, 0.2) is 0 Å². The molecule has 0 saturated heterocycles. The summed E-state index contributed by atoms with van der Waals surface area (Å²) in [6.07, 6.45) is 0.996. The Hall–Kier alpha value is -2.21. The minimum Gasteiger partial charge on any atom is -0.335 e. The average molecular weight is 356 g/mol. The maximum Gasteiger partial charge on any atom is 0.250 e. The summed E-state index contributed by atoms with van der Waals surface area (Å²) in [6.45, 7) is 1.72. The van der Waals surface area contributed by atoms with Gasteiger partial charge in [0.05, 0.1) is 5.69 Å². The molecule has 5 nitrogen and oxygen atoms in total. The van der Waals surface area contributed by atoms with Gasteiger partial charge in [-0.3, -0.25) is 0 Å². The number of halogens is 1. The molecule has 2 heterocycles. The number of para-hydroxylation sites is 1. The molecule has 0 N–H and O–H groups in total. The molecule has 1 aliphatic rings. The highest BCUT2D eigenvalue weighted by Gasteiger charge is 2.23. The largest absolute Gasteiger partial charge is 0.335 e. The number of anilines is 1. The molecular formula is C16H14BrN5. The van der Waals surface area contributed by atoms with Gasteiger partial charge in [-0.2, -0.15) is 4.68 Å². The molecule has 0 radical (unpaired) electrons. The van der Waals surface area contributed by atoms with Crippen LogP contribution in [0.1, 0.15) is 11.1 Å². The lowest BCUT2D eigenvalue weighted by Crippen LogP contribution is -2.32. The van der Waals surface area contributed by atoms with Crippen LogP contribution in [0.4, 0.5) is 5.95 Å². The van der Waals surface area contributed by atoms with E-state index < -0.39 is 0 Å². The maximum atomic E-state index is 4.23. The van der Waals surface area contributed by atoms with Crippen LogP contribution in [0, 0.1) is 0 Å². The average Bonchev–Trinajstić information content (AvgIpc) is 3.05. The zero-order valence-electron chi connectivity index (χ0n) is 11.9. The van der Waals surface area contributed by atoms with E-state index >= 15 is 0 Å². The van der Waals surface area contributed by atoms with Crippen molar-refractivity contribution in [3.63, 3.8) is 0 Å². The quantitative estimate of drug-likeness (QED) is 0.708. The molecule has 0 spiro atoms. The third-order valence-corrected chi connectivity index (χ3v) is 4.70. The molecule has 1 aliphatic heterocycles. The number of aromatic nitrogens is 4. The van der Waals surface area contributed by atoms with Crippen molar-refractivity contribution in [3.8, 4) is 5.69 Å². The zero-order valence-corrected chi connectivity index (χ0v) is 13.4. The molecule has 22 heavy (non-hydrogen) atoms. The Morgan fingerprint density at radius 1 is 1.00 bits per heavy atom. The second-order valence-corrected chi connectivity index (χ2v) is 6.13. The maximum absolute atomic E-state index is 4.23. The van der Waals surface area contributed by atoms with Crippen LogP contribution >= 0.6 is 15.9 Å². The first-order valence-electron chi connectivity index (χ1n) is 7.18. The molecule has 0 bridgehead atoms. The second kappa shape index (κ2) is 5.53. The summed E-state index contributed by atoms with van der Waals surface area (Å²) in [5.41, 5.74) is 3.68. The number of hydrogen-bond donors (Lipinski definition) is 0. The van der Waals surface area contributed by atoms with Crippen LogP contribution in [0.25, 0.3) is 5.69 Å². The van der Waals surface area contributed by atoms with Crippen molar-refractivity contribution >= 4 is 21.9 Å². The summed E-state index contributed by atoms with van der Waals surface area (Å²) < 4.78 is 2.94. The van der Waals surface area contributed by atoms with E-state index in [9.17, 15) is 0 Å². The monoisotopic (exact) mass is 355 g/mol. The van der Waals surface area contributed by atoms with Crippen LogP contribution in [-0.4, -0.2) is 26.8 Å². The van der Waals surface area contributed by atoms with Crippen LogP contribution in [0.5, 0.6) is 0 Å².